The van der Waals surface area contributed by atoms with Gasteiger partial charge in [0, 0.05) is 31.7 Å². The van der Waals surface area contributed by atoms with Crippen molar-refractivity contribution in [3.8, 4) is 0 Å². The molecule has 3 heterocycles. The third-order valence-electron chi connectivity index (χ3n) is 5.28. The Kier molecular flexibility index (Phi) is 5.95. The van der Waals surface area contributed by atoms with Crippen molar-refractivity contribution in [1.82, 2.24) is 15.5 Å². The van der Waals surface area contributed by atoms with E-state index < -0.39 is 0 Å². The second kappa shape index (κ2) is 8.17. The van der Waals surface area contributed by atoms with Gasteiger partial charge in [0.25, 0.3) is 0 Å². The molecule has 0 aromatic rings. The van der Waals surface area contributed by atoms with Crippen LogP contribution < -0.4 is 10.6 Å². The van der Waals surface area contributed by atoms with E-state index in [9.17, 15) is 0 Å². The van der Waals surface area contributed by atoms with Crippen LogP contribution in [0.5, 0.6) is 0 Å². The molecule has 3 rings (SSSR count). The molecular formula is C19H32N4O. The van der Waals surface area contributed by atoms with Crippen LogP contribution in [0.2, 0.25) is 0 Å². The number of aliphatic imine (C=N–C) groups is 1. The molecule has 24 heavy (non-hydrogen) atoms. The van der Waals surface area contributed by atoms with Gasteiger partial charge in [-0.05, 0) is 50.8 Å². The van der Waals surface area contributed by atoms with Gasteiger partial charge in [-0.2, -0.15) is 4.99 Å². The lowest BCUT2D eigenvalue weighted by atomic mass is 10.00. The quantitative estimate of drug-likeness (QED) is 0.461. The molecule has 0 aliphatic carbocycles. The Balaban J connectivity index is 1.91. The van der Waals surface area contributed by atoms with E-state index in [-0.39, 0.29) is 0 Å². The number of nitrogens with zero attached hydrogens (tertiary/aromatic N) is 2. The molecule has 2 N–H and O–H groups in total. The lowest BCUT2D eigenvalue weighted by Gasteiger charge is -2.37. The minimum Gasteiger partial charge on any atom is -0.481 e. The van der Waals surface area contributed by atoms with Crippen molar-refractivity contribution in [3.05, 3.63) is 23.1 Å². The highest BCUT2D eigenvalue weighted by molar-refractivity contribution is 6.00. The number of ether oxygens (including phenoxy) is 1. The number of methoxy groups -OCH3 is 1. The van der Waals surface area contributed by atoms with Gasteiger partial charge in [0.2, 0.25) is 5.88 Å². The normalized spacial score (nSPS) is 28.5. The molecule has 0 radical (unpaired) electrons. The summed E-state index contributed by atoms with van der Waals surface area (Å²) in [6.45, 7) is 8.53. The second-order valence-corrected chi connectivity index (χ2v) is 7.20. The fraction of sp³-hybridized carbons (Fsp3) is 0.737. The predicted octanol–water partition coefficient (Wildman–Crippen LogP) is 2.42. The molecule has 0 saturated carbocycles. The van der Waals surface area contributed by atoms with Crippen molar-refractivity contribution < 1.29 is 4.74 Å². The minimum atomic E-state index is 0.613. The van der Waals surface area contributed by atoms with Crippen LogP contribution in [0.1, 0.15) is 46.0 Å². The number of unbranched alkanes of at least 4 members (excludes halogenated alkanes) is 1. The number of rotatable bonds is 5. The van der Waals surface area contributed by atoms with E-state index in [1.165, 1.54) is 24.0 Å². The second-order valence-electron chi connectivity index (χ2n) is 7.20. The molecule has 3 aliphatic rings. The molecule has 0 amide bonds. The number of allylic oxidation sites excluding steroid dienone is 1. The van der Waals surface area contributed by atoms with Crippen LogP contribution in [0.15, 0.2) is 28.1 Å². The van der Waals surface area contributed by atoms with Crippen molar-refractivity contribution in [3.63, 3.8) is 0 Å². The number of hydrogen-bond donors (Lipinski definition) is 2. The number of piperazine rings is 1. The molecule has 2 saturated heterocycles. The Morgan fingerprint density at radius 3 is 2.71 bits per heavy atom. The average molecular weight is 332 g/mol. The molecule has 0 aromatic heterocycles. The third-order valence-corrected chi connectivity index (χ3v) is 5.28. The van der Waals surface area contributed by atoms with Crippen LogP contribution in [-0.4, -0.2) is 56.1 Å². The van der Waals surface area contributed by atoms with Crippen molar-refractivity contribution in [2.75, 3.05) is 33.3 Å². The Hall–Kier alpha value is -1.33. The molecule has 134 valence electrons. The Morgan fingerprint density at radius 1 is 1.33 bits per heavy atom. The van der Waals surface area contributed by atoms with Gasteiger partial charge < -0.3 is 20.3 Å². The molecule has 2 atom stereocenters. The van der Waals surface area contributed by atoms with Gasteiger partial charge in [0.15, 0.2) is 0 Å². The van der Waals surface area contributed by atoms with Crippen molar-refractivity contribution in [2.24, 2.45) is 4.99 Å². The summed E-state index contributed by atoms with van der Waals surface area (Å²) in [4.78, 5) is 7.50. The molecule has 0 spiro atoms. The van der Waals surface area contributed by atoms with Crippen molar-refractivity contribution in [1.29, 1.82) is 0 Å². The van der Waals surface area contributed by atoms with E-state index in [1.54, 1.807) is 7.11 Å². The van der Waals surface area contributed by atoms with E-state index in [1.807, 2.05) is 0 Å². The van der Waals surface area contributed by atoms with Gasteiger partial charge in [-0.1, -0.05) is 18.9 Å². The fourth-order valence-electron chi connectivity index (χ4n) is 3.96. The summed E-state index contributed by atoms with van der Waals surface area (Å²) in [5.41, 5.74) is 2.83. The molecule has 3 aliphatic heterocycles. The smallest absolute Gasteiger partial charge is 0.210 e. The van der Waals surface area contributed by atoms with Crippen LogP contribution >= 0.6 is 0 Å². The molecule has 2 fully saturated rings. The lowest BCUT2D eigenvalue weighted by Crippen LogP contribution is -2.53. The largest absolute Gasteiger partial charge is 0.481 e. The van der Waals surface area contributed by atoms with E-state index in [0.717, 1.165) is 57.2 Å². The van der Waals surface area contributed by atoms with Crippen LogP contribution in [-0.2, 0) is 4.74 Å². The first-order valence-corrected chi connectivity index (χ1v) is 9.44. The van der Waals surface area contributed by atoms with Crippen molar-refractivity contribution in [2.45, 2.75) is 58.0 Å². The summed E-state index contributed by atoms with van der Waals surface area (Å²) < 4.78 is 5.56. The Morgan fingerprint density at radius 2 is 2.08 bits per heavy atom. The standard InChI is InChI=1S/C19H32N4O/c1-4-5-6-18(24-3)22-19(17-9-10-20-11-14(17)2)23-12-15-7-8-16(13-23)21-15/h6,15-16,20-21H,4-5,7-13H2,1-3H3/b18-6-,22-19+. The lowest BCUT2D eigenvalue weighted by molar-refractivity contribution is 0.272. The number of nitrogens with one attached hydrogen (secondary N) is 2. The van der Waals surface area contributed by atoms with Crippen LogP contribution in [0, 0.1) is 0 Å². The maximum Gasteiger partial charge on any atom is 0.210 e. The van der Waals surface area contributed by atoms with E-state index >= 15 is 0 Å². The summed E-state index contributed by atoms with van der Waals surface area (Å²) in [6.07, 6.45) is 7.86. The molecule has 2 bridgehead atoms. The molecule has 5 nitrogen and oxygen atoms in total. The predicted molar refractivity (Wildman–Crippen MR) is 99.1 cm³/mol. The van der Waals surface area contributed by atoms with Gasteiger partial charge in [-0.15, -0.1) is 0 Å². The minimum absolute atomic E-state index is 0.613. The van der Waals surface area contributed by atoms with Gasteiger partial charge >= 0.3 is 0 Å². The zero-order valence-electron chi connectivity index (χ0n) is 15.4. The Labute approximate surface area is 146 Å². The zero-order chi connectivity index (χ0) is 16.9. The SMILES string of the molecule is CCC/C=C(/N=C(\C1=C(C)CNCC1)N1CC2CCC(C1)N2)OC. The average Bonchev–Trinajstić information content (AvgIpc) is 2.94. The topological polar surface area (TPSA) is 48.9 Å². The number of fused-ring (bicyclic) bond motifs is 2. The summed E-state index contributed by atoms with van der Waals surface area (Å²) in [5.74, 6) is 1.91. The number of hydrogen-bond acceptors (Lipinski definition) is 4. The third kappa shape index (κ3) is 4.01. The van der Waals surface area contributed by atoms with Gasteiger partial charge in [-0.25, -0.2) is 0 Å². The molecule has 0 aromatic carbocycles. The first-order valence-electron chi connectivity index (χ1n) is 9.44. The van der Waals surface area contributed by atoms with Gasteiger partial charge in [0.1, 0.15) is 5.84 Å². The summed E-state index contributed by atoms with van der Waals surface area (Å²) in [6, 6.07) is 1.23. The maximum atomic E-state index is 5.56. The van der Waals surface area contributed by atoms with Crippen LogP contribution in [0.4, 0.5) is 0 Å². The maximum absolute atomic E-state index is 5.56. The van der Waals surface area contributed by atoms with Crippen molar-refractivity contribution >= 4 is 5.84 Å². The highest BCUT2D eigenvalue weighted by Gasteiger charge is 2.34. The molecule has 2 unspecified atom stereocenters. The van der Waals surface area contributed by atoms with Crippen LogP contribution in [0.3, 0.4) is 0 Å². The number of likely N-dealkylation sites (tertiary alicyclic amines) is 1. The van der Waals surface area contributed by atoms with Crippen LogP contribution in [0.25, 0.3) is 0 Å². The van der Waals surface area contributed by atoms with E-state index in [2.05, 4.69) is 35.5 Å². The van der Waals surface area contributed by atoms with Gasteiger partial charge in [0.05, 0.1) is 7.11 Å². The first-order chi connectivity index (χ1) is 11.7. The molecular weight excluding hydrogens is 300 g/mol. The van der Waals surface area contributed by atoms with E-state index in [4.69, 9.17) is 9.73 Å². The number of amidine groups is 1. The fourth-order valence-corrected chi connectivity index (χ4v) is 3.96. The summed E-state index contributed by atoms with van der Waals surface area (Å²) in [5, 5.41) is 7.18. The van der Waals surface area contributed by atoms with Gasteiger partial charge in [-0.3, -0.25) is 0 Å². The molecule has 5 heteroatoms. The zero-order valence-corrected chi connectivity index (χ0v) is 15.4. The van der Waals surface area contributed by atoms with E-state index in [0.29, 0.717) is 12.1 Å². The monoisotopic (exact) mass is 332 g/mol. The first kappa shape index (κ1) is 17.5. The Bertz CT molecular complexity index is 525. The highest BCUT2D eigenvalue weighted by atomic mass is 16.5. The highest BCUT2D eigenvalue weighted by Crippen LogP contribution is 2.25. The summed E-state index contributed by atoms with van der Waals surface area (Å²) >= 11 is 0. The summed E-state index contributed by atoms with van der Waals surface area (Å²) in [7, 11) is 1.73.